The number of carbonyl (C=O) groups excluding carboxylic acids is 5. The lowest BCUT2D eigenvalue weighted by Gasteiger charge is -2.39. The van der Waals surface area contributed by atoms with Crippen molar-refractivity contribution in [1.29, 1.82) is 0 Å². The lowest BCUT2D eigenvalue weighted by molar-refractivity contribution is -0.138. The number of carbonyl (C=O) groups is 5. The van der Waals surface area contributed by atoms with Crippen LogP contribution in [0.15, 0.2) is 89.6 Å². The number of imide groups is 1. The van der Waals surface area contributed by atoms with Gasteiger partial charge in [0.15, 0.2) is 11.6 Å². The third-order valence-electron chi connectivity index (χ3n) is 8.71. The minimum atomic E-state index is -1.14. The van der Waals surface area contributed by atoms with Crippen molar-refractivity contribution in [2.75, 3.05) is 0 Å². The van der Waals surface area contributed by atoms with Crippen LogP contribution in [0.4, 0.5) is 0 Å². The fourth-order valence-electron chi connectivity index (χ4n) is 6.72. The molecule has 3 aromatic rings. The predicted molar refractivity (Wildman–Crippen MR) is 157 cm³/mol. The molecule has 0 bridgehead atoms. The van der Waals surface area contributed by atoms with Crippen LogP contribution in [-0.2, 0) is 9.59 Å². The van der Waals surface area contributed by atoms with Crippen molar-refractivity contribution in [3.63, 3.8) is 0 Å². The summed E-state index contributed by atoms with van der Waals surface area (Å²) < 4.78 is 5.58. The van der Waals surface area contributed by atoms with Crippen molar-refractivity contribution in [2.24, 2.45) is 5.41 Å². The zero-order valence-corrected chi connectivity index (χ0v) is 23.9. The molecule has 43 heavy (non-hydrogen) atoms. The molecule has 1 N–H and O–H groups in total. The molecule has 2 unspecified atom stereocenters. The molecule has 0 saturated heterocycles. The van der Waals surface area contributed by atoms with Gasteiger partial charge in [-0.3, -0.25) is 24.1 Å². The lowest BCUT2D eigenvalue weighted by Crippen LogP contribution is -2.44. The van der Waals surface area contributed by atoms with Crippen molar-refractivity contribution in [2.45, 2.75) is 45.6 Å². The third-order valence-corrected chi connectivity index (χ3v) is 8.71. The van der Waals surface area contributed by atoms with Gasteiger partial charge in [-0.2, -0.15) is 0 Å². The first-order valence-corrected chi connectivity index (χ1v) is 14.3. The molecular formula is C35H28N2O6. The van der Waals surface area contributed by atoms with Crippen LogP contribution in [0.1, 0.15) is 81.7 Å². The molecule has 8 heteroatoms. The Bertz CT molecular complexity index is 1830. The number of nitrogens with zero attached hydrogens (tertiary/aromatic N) is 1. The van der Waals surface area contributed by atoms with E-state index >= 15 is 0 Å². The SMILES string of the molecule is CC(C(=O)Oc1ccc(C2C3=C(CC(C)(C)CC3=O)NC3=C2C(=O)c2ccccc23)cc1)N1C(=O)c2ccccc2C1=O. The van der Waals surface area contributed by atoms with E-state index in [-0.39, 0.29) is 33.9 Å². The van der Waals surface area contributed by atoms with Gasteiger partial charge in [0, 0.05) is 40.3 Å². The van der Waals surface area contributed by atoms with Gasteiger partial charge in [0.1, 0.15) is 11.8 Å². The Hall–Kier alpha value is -5.11. The van der Waals surface area contributed by atoms with Crippen LogP contribution in [-0.4, -0.2) is 40.3 Å². The largest absolute Gasteiger partial charge is 0.425 e. The monoisotopic (exact) mass is 572 g/mol. The molecule has 7 rings (SSSR count). The minimum Gasteiger partial charge on any atom is -0.425 e. The number of esters is 1. The first-order chi connectivity index (χ1) is 20.6. The van der Waals surface area contributed by atoms with Crippen LogP contribution in [0.2, 0.25) is 0 Å². The van der Waals surface area contributed by atoms with Crippen LogP contribution in [0.3, 0.4) is 0 Å². The van der Waals surface area contributed by atoms with Crippen molar-refractivity contribution in [1.82, 2.24) is 10.2 Å². The van der Waals surface area contributed by atoms with Crippen LogP contribution >= 0.6 is 0 Å². The number of allylic oxidation sites excluding steroid dienone is 3. The molecule has 4 aliphatic rings. The Morgan fingerprint density at radius 3 is 2.02 bits per heavy atom. The quantitative estimate of drug-likeness (QED) is 0.260. The van der Waals surface area contributed by atoms with E-state index in [0.29, 0.717) is 29.6 Å². The molecule has 0 aromatic heterocycles. The summed E-state index contributed by atoms with van der Waals surface area (Å²) in [6.45, 7) is 5.58. The van der Waals surface area contributed by atoms with E-state index in [1.165, 1.54) is 6.92 Å². The standard InChI is InChI=1S/C35H28N2O6/c1-18(37-32(40)23-10-6-7-11-24(23)33(37)41)34(42)43-20-14-12-19(13-15-20)27-28-25(16-35(2,3)17-26(28)38)36-30-21-8-4-5-9-22(21)31(39)29(27)30/h4-15,18,27,36H,16-17H2,1-3H3. The number of benzene rings is 3. The lowest BCUT2D eigenvalue weighted by atomic mass is 9.68. The number of Topliss-reactive ketones (excluding diaryl/α,β-unsaturated/α-hetero) is 2. The maximum absolute atomic E-state index is 13.7. The Labute approximate surface area is 248 Å². The molecule has 0 spiro atoms. The first-order valence-electron chi connectivity index (χ1n) is 14.3. The fourth-order valence-corrected chi connectivity index (χ4v) is 6.72. The molecular weight excluding hydrogens is 544 g/mol. The Morgan fingerprint density at radius 1 is 0.814 bits per heavy atom. The van der Waals surface area contributed by atoms with E-state index in [2.05, 4.69) is 19.2 Å². The smallest absolute Gasteiger partial charge is 0.334 e. The van der Waals surface area contributed by atoms with Gasteiger partial charge in [-0.05, 0) is 48.6 Å². The molecule has 3 aromatic carbocycles. The summed E-state index contributed by atoms with van der Waals surface area (Å²) in [5.74, 6) is -2.31. The summed E-state index contributed by atoms with van der Waals surface area (Å²) >= 11 is 0. The molecule has 8 nitrogen and oxygen atoms in total. The molecule has 2 aliphatic carbocycles. The van der Waals surface area contributed by atoms with Gasteiger partial charge in [0.25, 0.3) is 11.8 Å². The van der Waals surface area contributed by atoms with Crippen molar-refractivity contribution in [3.8, 4) is 5.75 Å². The van der Waals surface area contributed by atoms with Crippen molar-refractivity contribution >= 4 is 35.0 Å². The highest BCUT2D eigenvalue weighted by Crippen LogP contribution is 2.51. The molecule has 214 valence electrons. The van der Waals surface area contributed by atoms with E-state index in [0.717, 1.165) is 27.4 Å². The Morgan fingerprint density at radius 2 is 1.40 bits per heavy atom. The third kappa shape index (κ3) is 4.08. The number of hydrogen-bond donors (Lipinski definition) is 1. The normalized spacial score (nSPS) is 20.8. The average Bonchev–Trinajstić information content (AvgIpc) is 3.41. The van der Waals surface area contributed by atoms with Crippen molar-refractivity contribution in [3.05, 3.63) is 117 Å². The van der Waals surface area contributed by atoms with Crippen LogP contribution in [0.25, 0.3) is 5.70 Å². The van der Waals surface area contributed by atoms with E-state index in [9.17, 15) is 24.0 Å². The van der Waals surface area contributed by atoms with Crippen LogP contribution in [0, 0.1) is 5.41 Å². The summed E-state index contributed by atoms with van der Waals surface area (Å²) in [6.07, 6.45) is 1.04. The number of ketones is 2. The predicted octanol–water partition coefficient (Wildman–Crippen LogP) is 5.21. The van der Waals surface area contributed by atoms with E-state index in [1.54, 1.807) is 54.6 Å². The Kier molecular flexibility index (Phi) is 5.89. The molecule has 2 amide bonds. The molecule has 0 fully saturated rings. The molecule has 0 saturated carbocycles. The second-order valence-electron chi connectivity index (χ2n) is 12.2. The summed E-state index contributed by atoms with van der Waals surface area (Å²) in [4.78, 5) is 66.9. The summed E-state index contributed by atoms with van der Waals surface area (Å²) in [7, 11) is 0. The van der Waals surface area contributed by atoms with Crippen LogP contribution < -0.4 is 10.1 Å². The van der Waals surface area contributed by atoms with E-state index < -0.39 is 29.7 Å². The second kappa shape index (κ2) is 9.46. The maximum Gasteiger partial charge on any atom is 0.334 e. The highest BCUT2D eigenvalue weighted by molar-refractivity contribution is 6.24. The van der Waals surface area contributed by atoms with E-state index in [4.69, 9.17) is 4.74 Å². The number of fused-ring (bicyclic) bond motifs is 3. The summed E-state index contributed by atoms with van der Waals surface area (Å²) in [6, 6.07) is 19.5. The number of nitrogens with one attached hydrogen (secondary N) is 1. The number of rotatable bonds is 4. The number of ether oxygens (including phenoxy) is 1. The summed E-state index contributed by atoms with van der Waals surface area (Å²) in [5, 5.41) is 3.47. The summed E-state index contributed by atoms with van der Waals surface area (Å²) in [5.41, 5.74) is 5.15. The van der Waals surface area contributed by atoms with E-state index in [1.807, 2.05) is 18.2 Å². The molecule has 2 aliphatic heterocycles. The topological polar surface area (TPSA) is 110 Å². The van der Waals surface area contributed by atoms with Gasteiger partial charge >= 0.3 is 5.97 Å². The first kappa shape index (κ1) is 26.8. The van der Waals surface area contributed by atoms with Crippen LogP contribution in [0.5, 0.6) is 5.75 Å². The van der Waals surface area contributed by atoms with Crippen molar-refractivity contribution < 1.29 is 28.7 Å². The Balaban J connectivity index is 1.19. The zero-order chi connectivity index (χ0) is 30.2. The molecule has 2 heterocycles. The van der Waals surface area contributed by atoms with Gasteiger partial charge < -0.3 is 10.1 Å². The minimum absolute atomic E-state index is 0.00401. The highest BCUT2D eigenvalue weighted by Gasteiger charge is 2.46. The average molecular weight is 573 g/mol. The zero-order valence-electron chi connectivity index (χ0n) is 23.9. The maximum atomic E-state index is 13.7. The molecule has 2 atom stereocenters. The number of hydrogen-bond acceptors (Lipinski definition) is 7. The van der Waals surface area contributed by atoms with Gasteiger partial charge in [-0.25, -0.2) is 4.79 Å². The number of amides is 2. The highest BCUT2D eigenvalue weighted by atomic mass is 16.5. The van der Waals surface area contributed by atoms with Gasteiger partial charge in [-0.1, -0.05) is 62.4 Å². The fraction of sp³-hybridized carbons (Fsp3) is 0.229. The van der Waals surface area contributed by atoms with Gasteiger partial charge in [0.2, 0.25) is 0 Å². The second-order valence-corrected chi connectivity index (χ2v) is 12.2. The van der Waals surface area contributed by atoms with Gasteiger partial charge in [-0.15, -0.1) is 0 Å². The van der Waals surface area contributed by atoms with Gasteiger partial charge in [0.05, 0.1) is 16.8 Å². The number of dihydropyridines is 1. The molecule has 0 radical (unpaired) electrons.